The maximum Gasteiger partial charge on any atom is 0.294 e. The van der Waals surface area contributed by atoms with Crippen molar-refractivity contribution in [2.45, 2.75) is 6.42 Å². The number of nitrogen functional groups attached to an aromatic ring is 1. The lowest BCUT2D eigenvalue weighted by Gasteiger charge is -2.06. The molecule has 0 radical (unpaired) electrons. The van der Waals surface area contributed by atoms with Gasteiger partial charge in [-0.2, -0.15) is 0 Å². The molecular weight excluding hydrogens is 266 g/mol. The maximum atomic E-state index is 11.8. The third-order valence-corrected chi connectivity index (χ3v) is 2.53. The number of anilines is 1. The third kappa shape index (κ3) is 3.92. The summed E-state index contributed by atoms with van der Waals surface area (Å²) in [6, 6.07) is 3.85. The van der Waals surface area contributed by atoms with Gasteiger partial charge in [-0.3, -0.25) is 25.5 Å². The highest BCUT2D eigenvalue weighted by Gasteiger charge is 2.16. The maximum absolute atomic E-state index is 11.8. The number of nitrogens with one attached hydrogen (secondary N) is 3. The first-order chi connectivity index (χ1) is 9.49. The van der Waals surface area contributed by atoms with E-state index in [0.29, 0.717) is 0 Å². The Bertz CT molecular complexity index is 532. The molecule has 0 unspecified atom stereocenters. The minimum absolute atomic E-state index is 0.108. The average molecular weight is 281 g/mol. The van der Waals surface area contributed by atoms with E-state index in [1.54, 1.807) is 0 Å². The molecule has 20 heavy (non-hydrogen) atoms. The molecule has 0 aliphatic carbocycles. The van der Waals surface area contributed by atoms with Crippen LogP contribution in [0, 0.1) is 10.1 Å². The molecule has 2 amide bonds. The first kappa shape index (κ1) is 15.4. The van der Waals surface area contributed by atoms with E-state index in [9.17, 15) is 19.7 Å². The second-order valence-corrected chi connectivity index (χ2v) is 3.81. The van der Waals surface area contributed by atoms with E-state index < -0.39 is 10.8 Å². The Kier molecular flexibility index (Phi) is 5.42. The van der Waals surface area contributed by atoms with Crippen LogP contribution in [0.25, 0.3) is 0 Å². The first-order valence-electron chi connectivity index (χ1n) is 5.73. The van der Waals surface area contributed by atoms with Crippen molar-refractivity contribution in [2.75, 3.05) is 19.0 Å². The number of nitro groups is 1. The molecule has 0 aliphatic rings. The van der Waals surface area contributed by atoms with Gasteiger partial charge in [0.1, 0.15) is 5.69 Å². The lowest BCUT2D eigenvalue weighted by molar-refractivity contribution is -0.384. The Hall–Kier alpha value is -2.68. The number of nitrogens with two attached hydrogens (primary N) is 1. The van der Waals surface area contributed by atoms with Crippen molar-refractivity contribution in [3.05, 3.63) is 33.9 Å². The summed E-state index contributed by atoms with van der Waals surface area (Å²) < 4.78 is 0. The van der Waals surface area contributed by atoms with Crippen LogP contribution >= 0.6 is 0 Å². The Labute approximate surface area is 114 Å². The number of benzene rings is 1. The quantitative estimate of drug-likeness (QED) is 0.322. The van der Waals surface area contributed by atoms with Crippen LogP contribution in [0.15, 0.2) is 18.2 Å². The second-order valence-electron chi connectivity index (χ2n) is 3.81. The van der Waals surface area contributed by atoms with E-state index in [1.807, 2.05) is 0 Å². The van der Waals surface area contributed by atoms with Crippen molar-refractivity contribution < 1.29 is 14.5 Å². The van der Waals surface area contributed by atoms with E-state index >= 15 is 0 Å². The number of rotatable bonds is 6. The molecule has 0 aliphatic heterocycles. The van der Waals surface area contributed by atoms with Crippen LogP contribution in [-0.2, 0) is 4.79 Å². The van der Waals surface area contributed by atoms with E-state index in [0.717, 1.165) is 6.07 Å². The molecule has 0 bridgehead atoms. The molecule has 0 saturated carbocycles. The van der Waals surface area contributed by atoms with Crippen LogP contribution in [0.1, 0.15) is 16.8 Å². The molecule has 0 aromatic heterocycles. The lowest BCUT2D eigenvalue weighted by atomic mass is 10.1. The molecule has 9 nitrogen and oxygen atoms in total. The van der Waals surface area contributed by atoms with Gasteiger partial charge in [0.2, 0.25) is 5.91 Å². The van der Waals surface area contributed by atoms with Crippen molar-refractivity contribution >= 4 is 23.2 Å². The molecule has 0 spiro atoms. The van der Waals surface area contributed by atoms with Gasteiger partial charge in [-0.15, -0.1) is 0 Å². The van der Waals surface area contributed by atoms with Crippen LogP contribution in [0.5, 0.6) is 0 Å². The predicted octanol–water partition coefficient (Wildman–Crippen LogP) is -0.254. The van der Waals surface area contributed by atoms with E-state index in [-0.39, 0.29) is 35.8 Å². The van der Waals surface area contributed by atoms with Crippen molar-refractivity contribution in [1.82, 2.24) is 10.6 Å². The largest absolute Gasteiger partial charge is 0.359 e. The monoisotopic (exact) mass is 281 g/mol. The van der Waals surface area contributed by atoms with Gasteiger partial charge >= 0.3 is 0 Å². The van der Waals surface area contributed by atoms with Gasteiger partial charge in [-0.25, -0.2) is 0 Å². The van der Waals surface area contributed by atoms with Gasteiger partial charge in [0.05, 0.1) is 4.92 Å². The van der Waals surface area contributed by atoms with Gasteiger partial charge in [0, 0.05) is 31.6 Å². The fourth-order valence-corrected chi connectivity index (χ4v) is 1.46. The zero-order valence-electron chi connectivity index (χ0n) is 10.8. The van der Waals surface area contributed by atoms with Crippen molar-refractivity contribution in [3.8, 4) is 0 Å². The molecule has 0 atom stereocenters. The smallest absolute Gasteiger partial charge is 0.294 e. The van der Waals surface area contributed by atoms with Crippen molar-refractivity contribution in [2.24, 2.45) is 5.84 Å². The molecule has 5 N–H and O–H groups in total. The fourth-order valence-electron chi connectivity index (χ4n) is 1.46. The van der Waals surface area contributed by atoms with E-state index in [2.05, 4.69) is 16.1 Å². The number of hydrazine groups is 1. The fraction of sp³-hybridized carbons (Fsp3) is 0.273. The standard InChI is InChI=1S/C11H15N5O4/c1-13-10(17)4-5-14-11(18)7-2-3-8(15-12)9(6-7)16(19)20/h2-3,6,15H,4-5,12H2,1H3,(H,13,17)(H,14,18). The SMILES string of the molecule is CNC(=O)CCNC(=O)c1ccc(NN)c([N+](=O)[O-])c1. The van der Waals surface area contributed by atoms with Crippen LogP contribution < -0.4 is 21.9 Å². The Morgan fingerprint density at radius 1 is 1.40 bits per heavy atom. The molecule has 1 rings (SSSR count). The molecule has 108 valence electrons. The summed E-state index contributed by atoms with van der Waals surface area (Å²) in [5, 5.41) is 15.7. The zero-order valence-corrected chi connectivity index (χ0v) is 10.8. The normalized spacial score (nSPS) is 9.70. The summed E-state index contributed by atoms with van der Waals surface area (Å²) in [7, 11) is 1.49. The summed E-state index contributed by atoms with van der Waals surface area (Å²) in [4.78, 5) is 32.9. The highest BCUT2D eigenvalue weighted by molar-refractivity contribution is 5.95. The topological polar surface area (TPSA) is 139 Å². The molecule has 1 aromatic carbocycles. The molecule has 0 fully saturated rings. The molecule has 9 heteroatoms. The number of nitrogens with zero attached hydrogens (tertiary/aromatic N) is 1. The minimum Gasteiger partial charge on any atom is -0.359 e. The lowest BCUT2D eigenvalue weighted by Crippen LogP contribution is -2.29. The van der Waals surface area contributed by atoms with Gasteiger partial charge in [-0.1, -0.05) is 0 Å². The van der Waals surface area contributed by atoms with Crippen LogP contribution in [0.4, 0.5) is 11.4 Å². The number of amides is 2. The Balaban J connectivity index is 2.76. The Morgan fingerprint density at radius 3 is 2.65 bits per heavy atom. The second kappa shape index (κ2) is 7.04. The van der Waals surface area contributed by atoms with Gasteiger partial charge < -0.3 is 16.1 Å². The number of carbonyl (C=O) groups excluding carboxylic acids is 2. The third-order valence-electron chi connectivity index (χ3n) is 2.53. The highest BCUT2D eigenvalue weighted by Crippen LogP contribution is 2.24. The minimum atomic E-state index is -0.642. The summed E-state index contributed by atoms with van der Waals surface area (Å²) in [6.45, 7) is 0.142. The summed E-state index contributed by atoms with van der Waals surface area (Å²) in [5.74, 6) is 4.44. The van der Waals surface area contributed by atoms with Crippen molar-refractivity contribution in [3.63, 3.8) is 0 Å². The van der Waals surface area contributed by atoms with E-state index in [1.165, 1.54) is 19.2 Å². The number of hydrogen-bond acceptors (Lipinski definition) is 6. The van der Waals surface area contributed by atoms with Crippen LogP contribution in [-0.4, -0.2) is 30.3 Å². The molecule has 0 heterocycles. The summed E-state index contributed by atoms with van der Waals surface area (Å²) in [6.07, 6.45) is 0.132. The van der Waals surface area contributed by atoms with Crippen LogP contribution in [0.3, 0.4) is 0 Å². The Morgan fingerprint density at radius 2 is 2.10 bits per heavy atom. The molecule has 0 saturated heterocycles. The number of carbonyl (C=O) groups is 2. The van der Waals surface area contributed by atoms with E-state index in [4.69, 9.17) is 5.84 Å². The van der Waals surface area contributed by atoms with Gasteiger partial charge in [0.15, 0.2) is 0 Å². The van der Waals surface area contributed by atoms with Crippen LogP contribution in [0.2, 0.25) is 0 Å². The van der Waals surface area contributed by atoms with Gasteiger partial charge in [0.25, 0.3) is 11.6 Å². The zero-order chi connectivity index (χ0) is 15.1. The van der Waals surface area contributed by atoms with Crippen molar-refractivity contribution in [1.29, 1.82) is 0 Å². The first-order valence-corrected chi connectivity index (χ1v) is 5.73. The predicted molar refractivity (Wildman–Crippen MR) is 71.9 cm³/mol. The number of hydrogen-bond donors (Lipinski definition) is 4. The summed E-state index contributed by atoms with van der Waals surface area (Å²) in [5.41, 5.74) is 2.11. The average Bonchev–Trinajstić information content (AvgIpc) is 2.45. The molecular formula is C11H15N5O4. The summed E-state index contributed by atoms with van der Waals surface area (Å²) >= 11 is 0. The highest BCUT2D eigenvalue weighted by atomic mass is 16.6. The number of nitro benzene ring substituents is 1. The van der Waals surface area contributed by atoms with Gasteiger partial charge in [-0.05, 0) is 12.1 Å². The molecule has 1 aromatic rings.